The minimum absolute atomic E-state index is 0.512. The Morgan fingerprint density at radius 2 is 1.82 bits per heavy atom. The second-order valence-corrected chi connectivity index (χ2v) is 6.67. The summed E-state index contributed by atoms with van der Waals surface area (Å²) < 4.78 is 0. The van der Waals surface area contributed by atoms with Gasteiger partial charge in [-0.1, -0.05) is 37.3 Å². The molecule has 2 aromatic rings. The molecule has 4 N–H and O–H groups in total. The van der Waals surface area contributed by atoms with E-state index in [1.54, 1.807) is 0 Å². The largest absolute Gasteiger partial charge is 0.389 e. The van der Waals surface area contributed by atoms with Gasteiger partial charge in [-0.2, -0.15) is 0 Å². The van der Waals surface area contributed by atoms with Crippen LogP contribution in [0.15, 0.2) is 29.2 Å². The standard InChI is InChI=1S/C12H15N3S2/c1-7(2)16-9-5-3-8(4-6-9)10-11(13)17-12(14)15-10/h3-7H,13H2,1-2H3,(H2,14,15). The molecule has 2 rings (SSSR count). The lowest BCUT2D eigenvalue weighted by molar-refractivity contribution is 1.11. The fourth-order valence-corrected chi connectivity index (χ4v) is 2.98. The van der Waals surface area contributed by atoms with E-state index in [0.29, 0.717) is 15.4 Å². The average Bonchev–Trinajstić information content (AvgIpc) is 2.58. The zero-order valence-electron chi connectivity index (χ0n) is 9.81. The molecule has 0 bridgehead atoms. The van der Waals surface area contributed by atoms with Gasteiger partial charge in [-0.25, -0.2) is 4.98 Å². The van der Waals surface area contributed by atoms with Crippen molar-refractivity contribution in [2.45, 2.75) is 24.0 Å². The van der Waals surface area contributed by atoms with E-state index in [2.05, 4.69) is 31.0 Å². The van der Waals surface area contributed by atoms with Gasteiger partial charge in [-0.15, -0.1) is 11.8 Å². The Morgan fingerprint density at radius 3 is 2.29 bits per heavy atom. The predicted octanol–water partition coefficient (Wildman–Crippen LogP) is 3.48. The zero-order chi connectivity index (χ0) is 12.4. The first-order chi connectivity index (χ1) is 8.06. The Morgan fingerprint density at radius 1 is 1.18 bits per heavy atom. The van der Waals surface area contributed by atoms with Gasteiger partial charge in [0.2, 0.25) is 0 Å². The normalized spacial score (nSPS) is 11.0. The minimum atomic E-state index is 0.512. The van der Waals surface area contributed by atoms with Crippen molar-refractivity contribution in [2.75, 3.05) is 11.5 Å². The van der Waals surface area contributed by atoms with Crippen molar-refractivity contribution in [2.24, 2.45) is 0 Å². The first-order valence-electron chi connectivity index (χ1n) is 5.35. The van der Waals surface area contributed by atoms with Crippen molar-refractivity contribution in [1.29, 1.82) is 0 Å². The average molecular weight is 265 g/mol. The van der Waals surface area contributed by atoms with Gasteiger partial charge in [0.25, 0.3) is 0 Å². The van der Waals surface area contributed by atoms with Crippen LogP contribution in [0.1, 0.15) is 13.8 Å². The van der Waals surface area contributed by atoms with E-state index < -0.39 is 0 Å². The van der Waals surface area contributed by atoms with Crippen LogP contribution in [0, 0.1) is 0 Å². The Balaban J connectivity index is 2.26. The van der Waals surface area contributed by atoms with E-state index in [1.165, 1.54) is 16.2 Å². The van der Waals surface area contributed by atoms with E-state index in [0.717, 1.165) is 11.3 Å². The van der Waals surface area contributed by atoms with Crippen molar-refractivity contribution >= 4 is 33.2 Å². The van der Waals surface area contributed by atoms with Crippen molar-refractivity contribution in [1.82, 2.24) is 4.98 Å². The molecule has 17 heavy (non-hydrogen) atoms. The van der Waals surface area contributed by atoms with Gasteiger partial charge in [0, 0.05) is 15.7 Å². The number of rotatable bonds is 3. The molecule has 0 unspecified atom stereocenters. The van der Waals surface area contributed by atoms with E-state index in [4.69, 9.17) is 11.5 Å². The summed E-state index contributed by atoms with van der Waals surface area (Å²) in [6.45, 7) is 4.36. The summed E-state index contributed by atoms with van der Waals surface area (Å²) >= 11 is 3.16. The Bertz CT molecular complexity index is 503. The SMILES string of the molecule is CC(C)Sc1ccc(-c2nc(N)sc2N)cc1. The predicted molar refractivity (Wildman–Crippen MR) is 77.4 cm³/mol. The lowest BCUT2D eigenvalue weighted by atomic mass is 10.2. The molecule has 0 saturated heterocycles. The number of nitrogens with two attached hydrogens (primary N) is 2. The van der Waals surface area contributed by atoms with Gasteiger partial charge in [-0.3, -0.25) is 0 Å². The van der Waals surface area contributed by atoms with Crippen molar-refractivity contribution in [3.05, 3.63) is 24.3 Å². The van der Waals surface area contributed by atoms with Gasteiger partial charge < -0.3 is 11.5 Å². The molecule has 0 spiro atoms. The second-order valence-electron chi connectivity index (χ2n) is 3.96. The summed E-state index contributed by atoms with van der Waals surface area (Å²) in [7, 11) is 0. The molecule has 1 aromatic heterocycles. The molecule has 90 valence electrons. The molecule has 3 nitrogen and oxygen atoms in total. The van der Waals surface area contributed by atoms with Crippen molar-refractivity contribution in [3.63, 3.8) is 0 Å². The van der Waals surface area contributed by atoms with Gasteiger partial charge in [-0.05, 0) is 12.1 Å². The minimum Gasteiger partial charge on any atom is -0.389 e. The molecule has 0 aliphatic carbocycles. The molecule has 0 saturated carbocycles. The van der Waals surface area contributed by atoms with Crippen LogP contribution in [0.4, 0.5) is 10.1 Å². The van der Waals surface area contributed by atoms with E-state index in [-0.39, 0.29) is 0 Å². The molecule has 0 aliphatic heterocycles. The number of hydrogen-bond acceptors (Lipinski definition) is 5. The first kappa shape index (κ1) is 12.3. The zero-order valence-corrected chi connectivity index (χ0v) is 11.4. The van der Waals surface area contributed by atoms with Crippen LogP contribution in [0.25, 0.3) is 11.3 Å². The maximum atomic E-state index is 5.86. The van der Waals surface area contributed by atoms with Crippen LogP contribution in [0.5, 0.6) is 0 Å². The van der Waals surface area contributed by atoms with Gasteiger partial charge >= 0.3 is 0 Å². The molecule has 1 heterocycles. The highest BCUT2D eigenvalue weighted by atomic mass is 32.2. The first-order valence-corrected chi connectivity index (χ1v) is 7.04. The van der Waals surface area contributed by atoms with Crippen LogP contribution < -0.4 is 11.5 Å². The molecule has 0 radical (unpaired) electrons. The molecule has 0 amide bonds. The van der Waals surface area contributed by atoms with Gasteiger partial charge in [0.05, 0.1) is 0 Å². The summed E-state index contributed by atoms with van der Waals surface area (Å²) in [5.41, 5.74) is 13.3. The number of thiazole rings is 1. The second kappa shape index (κ2) is 4.98. The van der Waals surface area contributed by atoms with Crippen LogP contribution in [0.2, 0.25) is 0 Å². The third-order valence-electron chi connectivity index (χ3n) is 2.17. The Labute approximate surface area is 109 Å². The third-order valence-corrected chi connectivity index (χ3v) is 3.90. The summed E-state index contributed by atoms with van der Waals surface area (Å²) in [5, 5.41) is 1.77. The summed E-state index contributed by atoms with van der Waals surface area (Å²) in [6, 6.07) is 8.26. The highest BCUT2D eigenvalue weighted by molar-refractivity contribution is 7.99. The monoisotopic (exact) mass is 265 g/mol. The van der Waals surface area contributed by atoms with Crippen LogP contribution in [-0.2, 0) is 0 Å². The lowest BCUT2D eigenvalue weighted by Crippen LogP contribution is -1.88. The Kier molecular flexibility index (Phi) is 3.59. The molecule has 5 heteroatoms. The van der Waals surface area contributed by atoms with Crippen LogP contribution >= 0.6 is 23.1 Å². The van der Waals surface area contributed by atoms with Crippen LogP contribution in [-0.4, -0.2) is 10.2 Å². The fraction of sp³-hybridized carbons (Fsp3) is 0.250. The number of nitrogens with zero attached hydrogens (tertiary/aromatic N) is 1. The summed E-state index contributed by atoms with van der Waals surface area (Å²) in [6.07, 6.45) is 0. The van der Waals surface area contributed by atoms with E-state index in [1.807, 2.05) is 23.9 Å². The molecule has 0 fully saturated rings. The molecule has 0 aliphatic rings. The highest BCUT2D eigenvalue weighted by Crippen LogP contribution is 2.33. The Hall–Kier alpha value is -1.20. The van der Waals surface area contributed by atoms with Gasteiger partial charge in [0.15, 0.2) is 5.13 Å². The third kappa shape index (κ3) is 2.92. The summed E-state index contributed by atoms with van der Waals surface area (Å²) in [5.74, 6) is 0. The fourth-order valence-electron chi connectivity index (χ4n) is 1.52. The molecular formula is C12H15N3S2. The van der Waals surface area contributed by atoms with E-state index in [9.17, 15) is 0 Å². The van der Waals surface area contributed by atoms with Crippen LogP contribution in [0.3, 0.4) is 0 Å². The van der Waals surface area contributed by atoms with Gasteiger partial charge in [0.1, 0.15) is 10.7 Å². The maximum absolute atomic E-state index is 5.86. The highest BCUT2D eigenvalue weighted by Gasteiger charge is 2.08. The summed E-state index contributed by atoms with van der Waals surface area (Å²) in [4.78, 5) is 5.49. The topological polar surface area (TPSA) is 64.9 Å². The number of benzene rings is 1. The molecule has 1 aromatic carbocycles. The maximum Gasteiger partial charge on any atom is 0.182 e. The number of aromatic nitrogens is 1. The lowest BCUT2D eigenvalue weighted by Gasteiger charge is -2.05. The molecular weight excluding hydrogens is 250 g/mol. The quantitative estimate of drug-likeness (QED) is 0.834. The number of nitrogen functional groups attached to an aromatic ring is 2. The molecule has 0 atom stereocenters. The number of anilines is 2. The smallest absolute Gasteiger partial charge is 0.182 e. The van der Waals surface area contributed by atoms with Crippen molar-refractivity contribution < 1.29 is 0 Å². The number of thioether (sulfide) groups is 1. The van der Waals surface area contributed by atoms with Crippen molar-refractivity contribution in [3.8, 4) is 11.3 Å². The van der Waals surface area contributed by atoms with E-state index >= 15 is 0 Å². The number of hydrogen-bond donors (Lipinski definition) is 2.